The smallest absolute Gasteiger partial charge is 0.270 e. The maximum absolute atomic E-state index is 11.9. The van der Waals surface area contributed by atoms with Gasteiger partial charge in [-0.3, -0.25) is 14.9 Å². The molecule has 2 heterocycles. The minimum atomic E-state index is -0.493. The number of benzene rings is 1. The molecule has 0 saturated carbocycles. The van der Waals surface area contributed by atoms with E-state index in [1.807, 2.05) is 4.90 Å². The molecule has 0 spiro atoms. The summed E-state index contributed by atoms with van der Waals surface area (Å²) in [4.78, 5) is 28.9. The van der Waals surface area contributed by atoms with Gasteiger partial charge in [0.15, 0.2) is 0 Å². The van der Waals surface area contributed by atoms with E-state index < -0.39 is 4.92 Å². The third-order valence-corrected chi connectivity index (χ3v) is 4.47. The third kappa shape index (κ3) is 3.21. The highest BCUT2D eigenvalue weighted by atomic mass is 16.6. The van der Waals surface area contributed by atoms with Crippen molar-refractivity contribution in [2.24, 2.45) is 5.92 Å². The summed E-state index contributed by atoms with van der Waals surface area (Å²) in [5.41, 5.74) is 0.795. The zero-order chi connectivity index (χ0) is 18.0. The number of nitro benzene ring substituents is 1. The number of piperidine rings is 1. The van der Waals surface area contributed by atoms with Gasteiger partial charge in [-0.1, -0.05) is 0 Å². The number of carbonyl (C=O) groups excluding carboxylic acids is 1. The van der Waals surface area contributed by atoms with Gasteiger partial charge in [0.1, 0.15) is 5.82 Å². The van der Waals surface area contributed by atoms with Crippen LogP contribution in [-0.2, 0) is 4.79 Å². The van der Waals surface area contributed by atoms with Gasteiger partial charge >= 0.3 is 0 Å². The predicted octanol–water partition coefficient (Wildman–Crippen LogP) is 1.98. The Morgan fingerprint density at radius 2 is 2.28 bits per heavy atom. The van der Waals surface area contributed by atoms with Gasteiger partial charge < -0.3 is 10.2 Å². The molecule has 1 atom stereocenters. The molecule has 0 bridgehead atoms. The fourth-order valence-electron chi connectivity index (χ4n) is 3.17. The summed E-state index contributed by atoms with van der Waals surface area (Å²) in [6, 6.07) is 8.03. The number of anilines is 1. The fourth-order valence-corrected chi connectivity index (χ4v) is 3.17. The molecular formula is C17H17N5O3. The zero-order valence-electron chi connectivity index (χ0n) is 13.7. The van der Waals surface area contributed by atoms with E-state index in [0.717, 1.165) is 19.4 Å². The number of nitrogens with zero attached hydrogens (tertiary/aromatic N) is 4. The first-order chi connectivity index (χ1) is 12.0. The highest BCUT2D eigenvalue weighted by Crippen LogP contribution is 2.28. The summed E-state index contributed by atoms with van der Waals surface area (Å²) in [7, 11) is 1.62. The molecule has 1 aromatic heterocycles. The molecule has 8 heteroatoms. The van der Waals surface area contributed by atoms with E-state index >= 15 is 0 Å². The Kier molecular flexibility index (Phi) is 4.48. The lowest BCUT2D eigenvalue weighted by Crippen LogP contribution is -2.42. The van der Waals surface area contributed by atoms with Crippen molar-refractivity contribution >= 4 is 28.3 Å². The number of nitriles is 1. The molecule has 2 aromatic rings. The SMILES string of the molecule is CNC(=O)C1CCCN(c2cc(C#N)c3cc([N+](=O)[O-])ccc3n2)C1. The monoisotopic (exact) mass is 339 g/mol. The molecule has 1 unspecified atom stereocenters. The Labute approximate surface area is 144 Å². The molecule has 1 aliphatic rings. The van der Waals surface area contributed by atoms with Gasteiger partial charge in [-0.15, -0.1) is 0 Å². The normalized spacial score (nSPS) is 17.1. The first kappa shape index (κ1) is 16.6. The minimum absolute atomic E-state index is 0.00150. The van der Waals surface area contributed by atoms with Crippen LogP contribution in [-0.4, -0.2) is 36.0 Å². The number of carbonyl (C=O) groups is 1. The Bertz CT molecular complexity index is 890. The van der Waals surface area contributed by atoms with E-state index in [1.165, 1.54) is 12.1 Å². The number of amides is 1. The average molecular weight is 339 g/mol. The van der Waals surface area contributed by atoms with Gasteiger partial charge in [-0.2, -0.15) is 5.26 Å². The number of non-ortho nitro benzene ring substituents is 1. The lowest BCUT2D eigenvalue weighted by Gasteiger charge is -2.32. The Hall–Kier alpha value is -3.21. The highest BCUT2D eigenvalue weighted by molar-refractivity contribution is 5.88. The fraction of sp³-hybridized carbons (Fsp3) is 0.353. The van der Waals surface area contributed by atoms with Gasteiger partial charge in [0.05, 0.1) is 28.0 Å². The van der Waals surface area contributed by atoms with Gasteiger partial charge in [-0.05, 0) is 25.0 Å². The van der Waals surface area contributed by atoms with Gasteiger partial charge in [-0.25, -0.2) is 4.98 Å². The second kappa shape index (κ2) is 6.73. The number of rotatable bonds is 3. The van der Waals surface area contributed by atoms with Gasteiger partial charge in [0.2, 0.25) is 5.91 Å². The van der Waals surface area contributed by atoms with E-state index in [-0.39, 0.29) is 17.5 Å². The van der Waals surface area contributed by atoms with Crippen molar-refractivity contribution in [3.63, 3.8) is 0 Å². The lowest BCUT2D eigenvalue weighted by atomic mass is 9.97. The molecule has 1 aliphatic heterocycles. The number of hydrogen-bond acceptors (Lipinski definition) is 6. The molecule has 3 rings (SSSR count). The topological polar surface area (TPSA) is 112 Å². The average Bonchev–Trinajstić information content (AvgIpc) is 2.65. The Morgan fingerprint density at radius 1 is 1.48 bits per heavy atom. The van der Waals surface area contributed by atoms with E-state index in [1.54, 1.807) is 19.2 Å². The van der Waals surface area contributed by atoms with Gasteiger partial charge in [0, 0.05) is 37.7 Å². The third-order valence-electron chi connectivity index (χ3n) is 4.47. The quantitative estimate of drug-likeness (QED) is 0.676. The number of nitro groups is 1. The number of hydrogen-bond donors (Lipinski definition) is 1. The van der Waals surface area contributed by atoms with Crippen molar-refractivity contribution in [3.05, 3.63) is 39.9 Å². The highest BCUT2D eigenvalue weighted by Gasteiger charge is 2.26. The number of nitrogens with one attached hydrogen (secondary N) is 1. The van der Waals surface area contributed by atoms with Crippen molar-refractivity contribution in [2.75, 3.05) is 25.0 Å². The molecule has 1 saturated heterocycles. The minimum Gasteiger partial charge on any atom is -0.359 e. The lowest BCUT2D eigenvalue weighted by molar-refractivity contribution is -0.384. The first-order valence-corrected chi connectivity index (χ1v) is 7.99. The largest absolute Gasteiger partial charge is 0.359 e. The second-order valence-corrected chi connectivity index (χ2v) is 6.00. The number of fused-ring (bicyclic) bond motifs is 1. The van der Waals surface area contributed by atoms with E-state index in [0.29, 0.717) is 28.8 Å². The number of pyridine rings is 1. The van der Waals surface area contributed by atoms with Crippen LogP contribution in [0, 0.1) is 27.4 Å². The van der Waals surface area contributed by atoms with E-state index in [4.69, 9.17) is 0 Å². The van der Waals surface area contributed by atoms with E-state index in [9.17, 15) is 20.2 Å². The molecular weight excluding hydrogens is 322 g/mol. The van der Waals surface area contributed by atoms with Crippen molar-refractivity contribution in [1.29, 1.82) is 5.26 Å². The summed E-state index contributed by atoms with van der Waals surface area (Å²) in [6.07, 6.45) is 1.68. The van der Waals surface area contributed by atoms with Crippen molar-refractivity contribution in [1.82, 2.24) is 10.3 Å². The Balaban J connectivity index is 2.00. The summed E-state index contributed by atoms with van der Waals surface area (Å²) < 4.78 is 0. The zero-order valence-corrected chi connectivity index (χ0v) is 13.7. The van der Waals surface area contributed by atoms with Crippen molar-refractivity contribution < 1.29 is 9.72 Å². The van der Waals surface area contributed by atoms with Crippen LogP contribution in [0.4, 0.5) is 11.5 Å². The van der Waals surface area contributed by atoms with Crippen molar-refractivity contribution in [3.8, 4) is 6.07 Å². The van der Waals surface area contributed by atoms with Crippen LogP contribution >= 0.6 is 0 Å². The maximum atomic E-state index is 11.9. The molecule has 25 heavy (non-hydrogen) atoms. The van der Waals surface area contributed by atoms with Gasteiger partial charge in [0.25, 0.3) is 5.69 Å². The molecule has 0 aliphatic carbocycles. The molecule has 1 fully saturated rings. The summed E-state index contributed by atoms with van der Waals surface area (Å²) >= 11 is 0. The van der Waals surface area contributed by atoms with Crippen LogP contribution in [0.1, 0.15) is 18.4 Å². The molecule has 128 valence electrons. The molecule has 1 amide bonds. The summed E-state index contributed by atoms with van der Waals surface area (Å²) in [6.45, 7) is 1.29. The Morgan fingerprint density at radius 3 is 2.96 bits per heavy atom. The van der Waals surface area contributed by atoms with Crippen LogP contribution in [0.5, 0.6) is 0 Å². The standard InChI is InChI=1S/C17H17N5O3/c1-19-17(23)11-3-2-6-21(10-11)16-7-12(9-18)14-8-13(22(24)25)4-5-15(14)20-16/h4-5,7-8,11H,2-3,6,10H2,1H3,(H,19,23). The van der Waals surface area contributed by atoms with Crippen LogP contribution < -0.4 is 10.2 Å². The predicted molar refractivity (Wildman–Crippen MR) is 92.1 cm³/mol. The first-order valence-electron chi connectivity index (χ1n) is 7.99. The second-order valence-electron chi connectivity index (χ2n) is 6.00. The van der Waals surface area contributed by atoms with E-state index in [2.05, 4.69) is 16.4 Å². The number of aromatic nitrogens is 1. The summed E-state index contributed by atoms with van der Waals surface area (Å²) in [5, 5.41) is 23.5. The van der Waals surface area contributed by atoms with Crippen LogP contribution in [0.2, 0.25) is 0 Å². The van der Waals surface area contributed by atoms with Crippen LogP contribution in [0.25, 0.3) is 10.9 Å². The van der Waals surface area contributed by atoms with Crippen molar-refractivity contribution in [2.45, 2.75) is 12.8 Å². The molecule has 1 aromatic carbocycles. The van der Waals surface area contributed by atoms with Crippen LogP contribution in [0.3, 0.4) is 0 Å². The maximum Gasteiger partial charge on any atom is 0.270 e. The summed E-state index contributed by atoms with van der Waals surface area (Å²) in [5.74, 6) is 0.506. The molecule has 1 N–H and O–H groups in total. The van der Waals surface area contributed by atoms with Crippen LogP contribution in [0.15, 0.2) is 24.3 Å². The molecule has 8 nitrogen and oxygen atoms in total. The molecule has 0 radical (unpaired) electrons.